The monoisotopic (exact) mass is 368 g/mol. The van der Waals surface area contributed by atoms with Crippen molar-refractivity contribution in [1.82, 2.24) is 4.90 Å². The van der Waals surface area contributed by atoms with Gasteiger partial charge in [0, 0.05) is 25.2 Å². The SMILES string of the molecule is CCCN(CCCN(C(=O)CC)c1ccc(O)cc1)CCc1ccccc1. The lowest BCUT2D eigenvalue weighted by Gasteiger charge is -2.26. The molecular formula is C23H32N2O2. The highest BCUT2D eigenvalue weighted by molar-refractivity contribution is 5.93. The van der Waals surface area contributed by atoms with E-state index in [1.165, 1.54) is 5.56 Å². The maximum absolute atomic E-state index is 12.4. The number of phenolic OH excluding ortho intramolecular Hbond substituents is 1. The van der Waals surface area contributed by atoms with Crippen molar-refractivity contribution in [2.45, 2.75) is 39.5 Å². The van der Waals surface area contributed by atoms with Crippen molar-refractivity contribution in [2.75, 3.05) is 31.1 Å². The minimum absolute atomic E-state index is 0.118. The van der Waals surface area contributed by atoms with Crippen LogP contribution in [0, 0.1) is 0 Å². The molecule has 0 fully saturated rings. The molecule has 0 bridgehead atoms. The predicted octanol–water partition coefficient (Wildman–Crippen LogP) is 4.48. The second-order valence-electron chi connectivity index (χ2n) is 6.85. The third-order valence-electron chi connectivity index (χ3n) is 4.72. The lowest BCUT2D eigenvalue weighted by molar-refractivity contribution is -0.118. The Balaban J connectivity index is 1.89. The Hall–Kier alpha value is -2.33. The molecule has 2 aromatic rings. The van der Waals surface area contributed by atoms with Gasteiger partial charge in [0.15, 0.2) is 0 Å². The number of rotatable bonds is 11. The van der Waals surface area contributed by atoms with Crippen LogP contribution in [0.1, 0.15) is 38.7 Å². The average Bonchev–Trinajstić information content (AvgIpc) is 2.70. The van der Waals surface area contributed by atoms with E-state index in [0.717, 1.165) is 44.6 Å². The van der Waals surface area contributed by atoms with Crippen molar-refractivity contribution in [2.24, 2.45) is 0 Å². The van der Waals surface area contributed by atoms with Gasteiger partial charge in [-0.15, -0.1) is 0 Å². The van der Waals surface area contributed by atoms with Crippen molar-refractivity contribution in [3.8, 4) is 5.75 Å². The zero-order chi connectivity index (χ0) is 19.5. The molecule has 4 nitrogen and oxygen atoms in total. The third-order valence-corrected chi connectivity index (χ3v) is 4.72. The summed E-state index contributed by atoms with van der Waals surface area (Å²) in [6, 6.07) is 17.5. The topological polar surface area (TPSA) is 43.8 Å². The molecule has 0 unspecified atom stereocenters. The number of nitrogens with zero attached hydrogens (tertiary/aromatic N) is 2. The number of aromatic hydroxyl groups is 1. The smallest absolute Gasteiger partial charge is 0.226 e. The highest BCUT2D eigenvalue weighted by Gasteiger charge is 2.14. The number of anilines is 1. The molecule has 0 atom stereocenters. The Morgan fingerprint density at radius 1 is 0.889 bits per heavy atom. The minimum Gasteiger partial charge on any atom is -0.508 e. The number of carbonyl (C=O) groups excluding carboxylic acids is 1. The van der Waals surface area contributed by atoms with Gasteiger partial charge in [-0.2, -0.15) is 0 Å². The van der Waals surface area contributed by atoms with E-state index in [1.807, 2.05) is 24.0 Å². The third kappa shape index (κ3) is 7.06. The standard InChI is InChI=1S/C23H32N2O2/c1-3-16-24(19-15-20-9-6-5-7-10-20)17-8-18-25(23(27)4-2)21-11-13-22(26)14-12-21/h5-7,9-14,26H,3-4,8,15-19H2,1-2H3. The molecule has 27 heavy (non-hydrogen) atoms. The van der Waals surface area contributed by atoms with Gasteiger partial charge in [0.2, 0.25) is 5.91 Å². The fourth-order valence-electron chi connectivity index (χ4n) is 3.26. The van der Waals surface area contributed by atoms with Gasteiger partial charge < -0.3 is 14.9 Å². The highest BCUT2D eigenvalue weighted by Crippen LogP contribution is 2.19. The number of amides is 1. The summed E-state index contributed by atoms with van der Waals surface area (Å²) in [5.74, 6) is 0.338. The van der Waals surface area contributed by atoms with Gasteiger partial charge in [0.1, 0.15) is 5.75 Å². The summed E-state index contributed by atoms with van der Waals surface area (Å²) in [7, 11) is 0. The van der Waals surface area contributed by atoms with E-state index in [0.29, 0.717) is 13.0 Å². The minimum atomic E-state index is 0.118. The largest absolute Gasteiger partial charge is 0.508 e. The van der Waals surface area contributed by atoms with Gasteiger partial charge >= 0.3 is 0 Å². The van der Waals surface area contributed by atoms with Gasteiger partial charge in [-0.3, -0.25) is 4.79 Å². The summed E-state index contributed by atoms with van der Waals surface area (Å²) in [6.07, 6.45) is 3.59. The summed E-state index contributed by atoms with van der Waals surface area (Å²) in [5.41, 5.74) is 2.22. The first-order chi connectivity index (χ1) is 13.1. The summed E-state index contributed by atoms with van der Waals surface area (Å²) < 4.78 is 0. The fraction of sp³-hybridized carbons (Fsp3) is 0.435. The second kappa shape index (κ2) is 11.4. The molecule has 2 rings (SSSR count). The van der Waals surface area contributed by atoms with Gasteiger partial charge in [-0.25, -0.2) is 0 Å². The second-order valence-corrected chi connectivity index (χ2v) is 6.85. The van der Waals surface area contributed by atoms with Crippen LogP contribution < -0.4 is 4.90 Å². The number of carbonyl (C=O) groups is 1. The van der Waals surface area contributed by atoms with Crippen LogP contribution in [0.3, 0.4) is 0 Å². The number of hydrogen-bond acceptors (Lipinski definition) is 3. The fourth-order valence-corrected chi connectivity index (χ4v) is 3.26. The molecule has 0 saturated carbocycles. The van der Waals surface area contributed by atoms with Crippen molar-refractivity contribution in [3.63, 3.8) is 0 Å². The van der Waals surface area contributed by atoms with Crippen LogP contribution in [-0.4, -0.2) is 42.1 Å². The van der Waals surface area contributed by atoms with E-state index in [9.17, 15) is 9.90 Å². The Morgan fingerprint density at radius 3 is 2.22 bits per heavy atom. The molecule has 0 aliphatic rings. The number of phenols is 1. The molecule has 0 radical (unpaired) electrons. The summed E-state index contributed by atoms with van der Waals surface area (Å²) in [4.78, 5) is 16.7. The van der Waals surface area contributed by atoms with E-state index in [-0.39, 0.29) is 11.7 Å². The summed E-state index contributed by atoms with van der Waals surface area (Å²) in [5, 5.41) is 9.49. The van der Waals surface area contributed by atoms with Crippen LogP contribution in [0.5, 0.6) is 5.75 Å². The number of hydrogen-bond donors (Lipinski definition) is 1. The lowest BCUT2D eigenvalue weighted by atomic mass is 10.1. The normalized spacial score (nSPS) is 10.9. The van der Waals surface area contributed by atoms with Gasteiger partial charge in [0.25, 0.3) is 0 Å². The average molecular weight is 369 g/mol. The Labute approximate surface area is 163 Å². The molecule has 1 N–H and O–H groups in total. The van der Waals surface area contributed by atoms with E-state index in [2.05, 4.69) is 42.2 Å². The van der Waals surface area contributed by atoms with Crippen molar-refractivity contribution < 1.29 is 9.90 Å². The first kappa shape index (κ1) is 21.0. The zero-order valence-electron chi connectivity index (χ0n) is 16.6. The quantitative estimate of drug-likeness (QED) is 0.636. The Morgan fingerprint density at radius 2 is 1.59 bits per heavy atom. The highest BCUT2D eigenvalue weighted by atomic mass is 16.3. The van der Waals surface area contributed by atoms with E-state index in [1.54, 1.807) is 12.1 Å². The van der Waals surface area contributed by atoms with E-state index < -0.39 is 0 Å². The summed E-state index contributed by atoms with van der Waals surface area (Å²) in [6.45, 7) is 7.89. The molecule has 0 aromatic heterocycles. The van der Waals surface area contributed by atoms with Crippen LogP contribution in [0.2, 0.25) is 0 Å². The Bertz CT molecular complexity index is 671. The predicted molar refractivity (Wildman–Crippen MR) is 112 cm³/mol. The van der Waals surface area contributed by atoms with Crippen LogP contribution in [0.15, 0.2) is 54.6 Å². The molecule has 0 saturated heterocycles. The summed E-state index contributed by atoms with van der Waals surface area (Å²) >= 11 is 0. The molecule has 1 amide bonds. The molecular weight excluding hydrogens is 336 g/mol. The molecule has 0 spiro atoms. The molecule has 0 heterocycles. The van der Waals surface area contributed by atoms with E-state index >= 15 is 0 Å². The van der Waals surface area contributed by atoms with Crippen molar-refractivity contribution in [1.29, 1.82) is 0 Å². The molecule has 4 heteroatoms. The molecule has 0 aliphatic heterocycles. The van der Waals surface area contributed by atoms with Crippen molar-refractivity contribution >= 4 is 11.6 Å². The maximum Gasteiger partial charge on any atom is 0.226 e. The Kier molecular flexibility index (Phi) is 8.85. The van der Waals surface area contributed by atoms with Crippen LogP contribution in [-0.2, 0) is 11.2 Å². The van der Waals surface area contributed by atoms with Gasteiger partial charge in [-0.1, -0.05) is 44.2 Å². The van der Waals surface area contributed by atoms with Crippen LogP contribution >= 0.6 is 0 Å². The van der Waals surface area contributed by atoms with Crippen LogP contribution in [0.25, 0.3) is 0 Å². The maximum atomic E-state index is 12.4. The molecule has 0 aliphatic carbocycles. The zero-order valence-corrected chi connectivity index (χ0v) is 16.6. The first-order valence-corrected chi connectivity index (χ1v) is 9.99. The van der Waals surface area contributed by atoms with Gasteiger partial charge in [-0.05, 0) is 62.2 Å². The molecule has 2 aromatic carbocycles. The van der Waals surface area contributed by atoms with E-state index in [4.69, 9.17) is 0 Å². The molecule has 146 valence electrons. The number of benzene rings is 2. The van der Waals surface area contributed by atoms with Gasteiger partial charge in [0.05, 0.1) is 0 Å². The lowest BCUT2D eigenvalue weighted by Crippen LogP contribution is -2.35. The van der Waals surface area contributed by atoms with Crippen LogP contribution in [0.4, 0.5) is 5.69 Å². The first-order valence-electron chi connectivity index (χ1n) is 9.99. The van der Waals surface area contributed by atoms with Crippen molar-refractivity contribution in [3.05, 3.63) is 60.2 Å².